The standard InChI is InChI=1S/C17H16O5/c1-20-11-4-2-3-10(9-11)5-7-17-8-6-12(22-17)13-14(17)16(19)21-15(13)18/h2-4,6,8-9,12-14H,5,7H2,1H3/t12-,13-,14+,17+/m1/s1. The zero-order valence-corrected chi connectivity index (χ0v) is 12.2. The summed E-state index contributed by atoms with van der Waals surface area (Å²) < 4.78 is 16.0. The van der Waals surface area contributed by atoms with Crippen molar-refractivity contribution in [2.24, 2.45) is 11.8 Å². The van der Waals surface area contributed by atoms with Gasteiger partial charge in [0, 0.05) is 0 Å². The van der Waals surface area contributed by atoms with Crippen LogP contribution in [0.3, 0.4) is 0 Å². The normalized spacial score (nSPS) is 34.9. The first-order valence-corrected chi connectivity index (χ1v) is 7.39. The number of carbonyl (C=O) groups excluding carboxylic acids is 2. The van der Waals surface area contributed by atoms with E-state index in [-0.39, 0.29) is 6.10 Å². The average Bonchev–Trinajstić information content (AvgIpc) is 3.18. The van der Waals surface area contributed by atoms with Gasteiger partial charge < -0.3 is 14.2 Å². The molecule has 22 heavy (non-hydrogen) atoms. The fourth-order valence-electron chi connectivity index (χ4n) is 3.77. The molecule has 0 saturated carbocycles. The van der Waals surface area contributed by atoms with Gasteiger partial charge in [0.05, 0.1) is 13.2 Å². The molecule has 0 aromatic heterocycles. The molecule has 4 atom stereocenters. The van der Waals surface area contributed by atoms with Gasteiger partial charge in [-0.3, -0.25) is 9.59 Å². The molecule has 3 heterocycles. The van der Waals surface area contributed by atoms with Crippen molar-refractivity contribution in [3.05, 3.63) is 42.0 Å². The minimum absolute atomic E-state index is 0.325. The highest BCUT2D eigenvalue weighted by Crippen LogP contribution is 2.52. The van der Waals surface area contributed by atoms with Crippen LogP contribution in [-0.4, -0.2) is 30.8 Å². The van der Waals surface area contributed by atoms with Crippen LogP contribution in [0.4, 0.5) is 0 Å². The van der Waals surface area contributed by atoms with E-state index in [2.05, 4.69) is 0 Å². The van der Waals surface area contributed by atoms with Crippen LogP contribution in [-0.2, 0) is 25.5 Å². The van der Waals surface area contributed by atoms with E-state index < -0.39 is 29.4 Å². The number of benzene rings is 1. The Labute approximate surface area is 127 Å². The highest BCUT2D eigenvalue weighted by Gasteiger charge is 2.66. The van der Waals surface area contributed by atoms with Crippen molar-refractivity contribution < 1.29 is 23.8 Å². The summed E-state index contributed by atoms with van der Waals surface area (Å²) in [5.41, 5.74) is 0.400. The van der Waals surface area contributed by atoms with E-state index in [1.807, 2.05) is 36.4 Å². The molecule has 2 bridgehead atoms. The lowest BCUT2D eigenvalue weighted by molar-refractivity contribution is -0.158. The van der Waals surface area contributed by atoms with E-state index in [0.29, 0.717) is 6.42 Å². The van der Waals surface area contributed by atoms with E-state index >= 15 is 0 Å². The maximum absolute atomic E-state index is 12.0. The molecule has 114 valence electrons. The Balaban J connectivity index is 1.56. The minimum Gasteiger partial charge on any atom is -0.497 e. The molecule has 5 heteroatoms. The topological polar surface area (TPSA) is 61.8 Å². The van der Waals surface area contributed by atoms with E-state index in [9.17, 15) is 9.59 Å². The molecule has 4 rings (SSSR count). The van der Waals surface area contributed by atoms with Gasteiger partial charge in [-0.1, -0.05) is 24.3 Å². The summed E-state index contributed by atoms with van der Waals surface area (Å²) in [6.45, 7) is 0. The summed E-state index contributed by atoms with van der Waals surface area (Å²) in [5.74, 6) is -1.07. The number of cyclic esters (lactones) is 2. The molecule has 0 N–H and O–H groups in total. The lowest BCUT2D eigenvalue weighted by Crippen LogP contribution is -2.38. The van der Waals surface area contributed by atoms with Gasteiger partial charge in [0.25, 0.3) is 0 Å². The number of hydrogen-bond donors (Lipinski definition) is 0. The predicted molar refractivity (Wildman–Crippen MR) is 76.1 cm³/mol. The zero-order chi connectivity index (χ0) is 15.3. The van der Waals surface area contributed by atoms with Crippen molar-refractivity contribution in [1.82, 2.24) is 0 Å². The van der Waals surface area contributed by atoms with E-state index in [1.165, 1.54) is 0 Å². The summed E-state index contributed by atoms with van der Waals surface area (Å²) in [6.07, 6.45) is 4.86. The van der Waals surface area contributed by atoms with Gasteiger partial charge in [0.1, 0.15) is 23.2 Å². The van der Waals surface area contributed by atoms with Gasteiger partial charge in [-0.05, 0) is 30.5 Å². The van der Waals surface area contributed by atoms with Gasteiger partial charge in [-0.15, -0.1) is 0 Å². The molecule has 0 spiro atoms. The summed E-state index contributed by atoms with van der Waals surface area (Å²) in [4.78, 5) is 23.8. The Morgan fingerprint density at radius 3 is 2.95 bits per heavy atom. The van der Waals surface area contributed by atoms with Crippen molar-refractivity contribution >= 4 is 11.9 Å². The molecule has 5 nitrogen and oxygen atoms in total. The van der Waals surface area contributed by atoms with Crippen LogP contribution in [0.15, 0.2) is 36.4 Å². The van der Waals surface area contributed by atoms with Gasteiger partial charge in [-0.25, -0.2) is 0 Å². The molecular formula is C17H16O5. The molecule has 2 fully saturated rings. The Morgan fingerprint density at radius 1 is 1.27 bits per heavy atom. The molecule has 0 aliphatic carbocycles. The van der Waals surface area contributed by atoms with Crippen LogP contribution < -0.4 is 4.74 Å². The van der Waals surface area contributed by atoms with Crippen molar-refractivity contribution in [2.75, 3.05) is 7.11 Å². The Bertz CT molecular complexity index is 679. The third kappa shape index (κ3) is 1.82. The number of aryl methyl sites for hydroxylation is 1. The number of esters is 2. The van der Waals surface area contributed by atoms with Crippen molar-refractivity contribution in [3.63, 3.8) is 0 Å². The largest absolute Gasteiger partial charge is 0.497 e. The van der Waals surface area contributed by atoms with Gasteiger partial charge in [0.15, 0.2) is 0 Å². The number of fused-ring (bicyclic) bond motifs is 5. The van der Waals surface area contributed by atoms with Gasteiger partial charge in [-0.2, -0.15) is 0 Å². The summed E-state index contributed by atoms with van der Waals surface area (Å²) in [7, 11) is 1.63. The molecule has 0 unspecified atom stereocenters. The predicted octanol–water partition coefficient (Wildman–Crippen LogP) is 1.65. The van der Waals surface area contributed by atoms with Crippen molar-refractivity contribution in [3.8, 4) is 5.75 Å². The zero-order valence-electron chi connectivity index (χ0n) is 12.2. The van der Waals surface area contributed by atoms with E-state index in [4.69, 9.17) is 14.2 Å². The first-order valence-electron chi connectivity index (χ1n) is 7.39. The van der Waals surface area contributed by atoms with E-state index in [1.54, 1.807) is 7.11 Å². The molecule has 3 aliphatic rings. The number of ether oxygens (including phenoxy) is 3. The molecule has 3 aliphatic heterocycles. The monoisotopic (exact) mass is 300 g/mol. The lowest BCUT2D eigenvalue weighted by Gasteiger charge is -2.27. The number of methoxy groups -OCH3 is 1. The molecule has 1 aromatic rings. The second kappa shape index (κ2) is 4.68. The summed E-state index contributed by atoms with van der Waals surface area (Å²) in [6, 6.07) is 7.81. The SMILES string of the molecule is COc1cccc(CC[C@@]23C=C[C@@H](O2)[C@H]2C(=O)OC(=O)[C@H]23)c1. The first kappa shape index (κ1) is 13.5. The average molecular weight is 300 g/mol. The quantitative estimate of drug-likeness (QED) is 0.481. The Morgan fingerprint density at radius 2 is 2.14 bits per heavy atom. The Hall–Kier alpha value is -2.14. The van der Waals surface area contributed by atoms with Gasteiger partial charge >= 0.3 is 11.9 Å². The third-order valence-corrected chi connectivity index (χ3v) is 4.83. The van der Waals surface area contributed by atoms with Crippen molar-refractivity contribution in [2.45, 2.75) is 24.5 Å². The minimum atomic E-state index is -0.707. The highest BCUT2D eigenvalue weighted by molar-refractivity contribution is 5.99. The first-order chi connectivity index (χ1) is 10.6. The second-order valence-corrected chi connectivity index (χ2v) is 5.99. The van der Waals surface area contributed by atoms with Crippen LogP contribution >= 0.6 is 0 Å². The second-order valence-electron chi connectivity index (χ2n) is 5.99. The number of rotatable bonds is 4. The molecule has 0 radical (unpaired) electrons. The van der Waals surface area contributed by atoms with Crippen LogP contribution in [0, 0.1) is 11.8 Å². The smallest absolute Gasteiger partial charge is 0.320 e. The summed E-state index contributed by atoms with van der Waals surface area (Å²) in [5, 5.41) is 0. The number of carbonyl (C=O) groups is 2. The summed E-state index contributed by atoms with van der Waals surface area (Å²) >= 11 is 0. The van der Waals surface area contributed by atoms with E-state index in [0.717, 1.165) is 17.7 Å². The maximum Gasteiger partial charge on any atom is 0.320 e. The van der Waals surface area contributed by atoms with Crippen LogP contribution in [0.2, 0.25) is 0 Å². The molecule has 2 saturated heterocycles. The van der Waals surface area contributed by atoms with Crippen LogP contribution in [0.5, 0.6) is 5.75 Å². The highest BCUT2D eigenvalue weighted by atomic mass is 16.6. The Kier molecular flexibility index (Phi) is 2.87. The third-order valence-electron chi connectivity index (χ3n) is 4.83. The molecule has 1 aromatic carbocycles. The van der Waals surface area contributed by atoms with Crippen molar-refractivity contribution in [1.29, 1.82) is 0 Å². The molecule has 0 amide bonds. The van der Waals surface area contributed by atoms with Crippen LogP contribution in [0.1, 0.15) is 12.0 Å². The lowest BCUT2D eigenvalue weighted by atomic mass is 9.74. The number of hydrogen-bond acceptors (Lipinski definition) is 5. The molecular weight excluding hydrogens is 284 g/mol. The fourth-order valence-corrected chi connectivity index (χ4v) is 3.77. The van der Waals surface area contributed by atoms with Crippen LogP contribution in [0.25, 0.3) is 0 Å². The maximum atomic E-state index is 12.0. The fraction of sp³-hybridized carbons (Fsp3) is 0.412. The van der Waals surface area contributed by atoms with Gasteiger partial charge in [0.2, 0.25) is 0 Å².